The van der Waals surface area contributed by atoms with Crippen molar-refractivity contribution in [1.82, 2.24) is 34.4 Å². The fourth-order valence-corrected chi connectivity index (χ4v) is 3.78. The highest BCUT2D eigenvalue weighted by Gasteiger charge is 2.37. The molecule has 0 radical (unpaired) electrons. The third-order valence-corrected chi connectivity index (χ3v) is 5.54. The minimum absolute atomic E-state index is 0.117. The summed E-state index contributed by atoms with van der Waals surface area (Å²) in [5, 5.41) is 4.51. The van der Waals surface area contributed by atoms with Gasteiger partial charge in [0, 0.05) is 35.9 Å². The number of carbonyl (C=O) groups is 1. The van der Waals surface area contributed by atoms with Gasteiger partial charge in [-0.1, -0.05) is 18.2 Å². The smallest absolute Gasteiger partial charge is 0.338 e. The fourth-order valence-electron chi connectivity index (χ4n) is 3.78. The molecule has 0 aliphatic heterocycles. The molecular formula is C22H22F3N7O. The predicted molar refractivity (Wildman–Crippen MR) is 114 cm³/mol. The Bertz CT molecular complexity index is 1360. The first kappa shape index (κ1) is 22.6. The van der Waals surface area contributed by atoms with Crippen LogP contribution in [0.3, 0.4) is 0 Å². The molecule has 1 amide bonds. The van der Waals surface area contributed by atoms with E-state index in [-0.39, 0.29) is 24.7 Å². The van der Waals surface area contributed by atoms with Crippen molar-refractivity contribution >= 4 is 22.6 Å². The zero-order valence-corrected chi connectivity index (χ0v) is 18.6. The molecule has 0 saturated carbocycles. The van der Waals surface area contributed by atoms with Gasteiger partial charge in [0.1, 0.15) is 5.82 Å². The summed E-state index contributed by atoms with van der Waals surface area (Å²) < 4.78 is 40.0. The molecule has 4 aromatic rings. The summed E-state index contributed by atoms with van der Waals surface area (Å²) in [4.78, 5) is 31.0. The van der Waals surface area contributed by atoms with Gasteiger partial charge in [0.25, 0.3) is 11.6 Å². The summed E-state index contributed by atoms with van der Waals surface area (Å²) >= 11 is 0. The van der Waals surface area contributed by atoms with Crippen molar-refractivity contribution in [1.29, 1.82) is 0 Å². The van der Waals surface area contributed by atoms with Crippen LogP contribution in [0.15, 0.2) is 24.3 Å². The molecular weight excluding hydrogens is 435 g/mol. The fraction of sp³-hybridized carbons (Fsp3) is 0.364. The summed E-state index contributed by atoms with van der Waals surface area (Å²) in [7, 11) is 1.67. The highest BCUT2D eigenvalue weighted by atomic mass is 19.4. The number of rotatable bonds is 5. The first-order chi connectivity index (χ1) is 15.5. The van der Waals surface area contributed by atoms with Crippen LogP contribution in [0.4, 0.5) is 13.2 Å². The number of carbonyl (C=O) groups excluding carboxylic acids is 1. The van der Waals surface area contributed by atoms with Gasteiger partial charge in [-0.3, -0.25) is 4.79 Å². The van der Waals surface area contributed by atoms with Gasteiger partial charge < -0.3 is 4.90 Å². The summed E-state index contributed by atoms with van der Waals surface area (Å²) in [6, 6.07) is 7.67. The summed E-state index contributed by atoms with van der Waals surface area (Å²) in [5.41, 5.74) is 3.32. The van der Waals surface area contributed by atoms with E-state index in [1.165, 1.54) is 4.90 Å². The minimum atomic E-state index is -4.66. The van der Waals surface area contributed by atoms with Gasteiger partial charge >= 0.3 is 6.18 Å². The second-order valence-corrected chi connectivity index (χ2v) is 7.90. The molecule has 0 bridgehead atoms. The van der Waals surface area contributed by atoms with Crippen molar-refractivity contribution in [3.63, 3.8) is 0 Å². The Kier molecular flexibility index (Phi) is 5.73. The molecule has 0 saturated heterocycles. The van der Waals surface area contributed by atoms with E-state index in [9.17, 15) is 18.0 Å². The Hall–Kier alpha value is -3.63. The lowest BCUT2D eigenvalue weighted by Gasteiger charge is -2.18. The monoisotopic (exact) mass is 457 g/mol. The van der Waals surface area contributed by atoms with E-state index in [2.05, 4.69) is 25.0 Å². The van der Waals surface area contributed by atoms with Gasteiger partial charge in [0.05, 0.1) is 12.1 Å². The first-order valence-corrected chi connectivity index (χ1v) is 10.3. The molecule has 1 aromatic carbocycles. The van der Waals surface area contributed by atoms with E-state index in [4.69, 9.17) is 0 Å². The normalized spacial score (nSPS) is 12.0. The Balaban J connectivity index is 1.49. The van der Waals surface area contributed by atoms with Crippen molar-refractivity contribution in [2.24, 2.45) is 0 Å². The second kappa shape index (κ2) is 8.38. The van der Waals surface area contributed by atoms with Crippen LogP contribution in [0, 0.1) is 20.8 Å². The van der Waals surface area contributed by atoms with E-state index in [0.717, 1.165) is 21.1 Å². The zero-order chi connectivity index (χ0) is 23.9. The molecule has 172 valence electrons. The van der Waals surface area contributed by atoms with Gasteiger partial charge in [0.2, 0.25) is 5.91 Å². The van der Waals surface area contributed by atoms with Gasteiger partial charge in [0.15, 0.2) is 0 Å². The van der Waals surface area contributed by atoms with Gasteiger partial charge in [-0.05, 0) is 38.8 Å². The zero-order valence-electron chi connectivity index (χ0n) is 18.6. The molecule has 8 nitrogen and oxygen atoms in total. The van der Waals surface area contributed by atoms with Gasteiger partial charge in [-0.2, -0.15) is 18.2 Å². The molecule has 0 spiro atoms. The van der Waals surface area contributed by atoms with Gasteiger partial charge in [-0.25, -0.2) is 19.5 Å². The summed E-state index contributed by atoms with van der Waals surface area (Å²) in [6.45, 7) is 5.48. The predicted octanol–water partition coefficient (Wildman–Crippen LogP) is 3.60. The molecule has 0 aliphatic rings. The molecule has 0 N–H and O–H groups in total. The van der Waals surface area contributed by atoms with Crippen LogP contribution in [0.5, 0.6) is 0 Å². The third-order valence-electron chi connectivity index (χ3n) is 5.54. The van der Waals surface area contributed by atoms with Crippen LogP contribution in [0.2, 0.25) is 0 Å². The SMILES string of the molecule is Cc1nc2nc(C(F)(F)F)nn2c(C)c1CCC(=O)N(C)Cc1nc(C)c2ccccc2n1. The molecule has 11 heteroatoms. The molecule has 3 heterocycles. The number of fused-ring (bicyclic) bond motifs is 2. The molecule has 4 rings (SSSR count). The highest BCUT2D eigenvalue weighted by molar-refractivity contribution is 5.80. The van der Waals surface area contributed by atoms with E-state index in [0.29, 0.717) is 29.2 Å². The number of para-hydroxylation sites is 1. The Morgan fingerprint density at radius 3 is 2.48 bits per heavy atom. The first-order valence-electron chi connectivity index (χ1n) is 10.3. The van der Waals surface area contributed by atoms with E-state index < -0.39 is 12.0 Å². The lowest BCUT2D eigenvalue weighted by molar-refractivity contribution is -0.144. The lowest BCUT2D eigenvalue weighted by Crippen LogP contribution is -2.27. The molecule has 0 aliphatic carbocycles. The number of aromatic nitrogens is 6. The third kappa shape index (κ3) is 4.48. The number of hydrogen-bond donors (Lipinski definition) is 0. The van der Waals surface area contributed by atoms with E-state index >= 15 is 0 Å². The Morgan fingerprint density at radius 2 is 1.76 bits per heavy atom. The number of nitrogens with zero attached hydrogens (tertiary/aromatic N) is 7. The van der Waals surface area contributed by atoms with E-state index in [1.54, 1.807) is 20.9 Å². The van der Waals surface area contributed by atoms with Crippen LogP contribution in [0.1, 0.15) is 40.7 Å². The molecule has 0 atom stereocenters. The lowest BCUT2D eigenvalue weighted by atomic mass is 10.1. The van der Waals surface area contributed by atoms with Crippen LogP contribution in [-0.4, -0.2) is 47.4 Å². The van der Waals surface area contributed by atoms with Gasteiger partial charge in [-0.15, -0.1) is 5.10 Å². The average molecular weight is 457 g/mol. The molecule has 33 heavy (non-hydrogen) atoms. The van der Waals surface area contributed by atoms with Crippen LogP contribution in [0.25, 0.3) is 16.7 Å². The largest absolute Gasteiger partial charge is 0.453 e. The maximum Gasteiger partial charge on any atom is 0.453 e. The van der Waals surface area contributed by atoms with Crippen molar-refractivity contribution in [2.75, 3.05) is 7.05 Å². The summed E-state index contributed by atoms with van der Waals surface area (Å²) in [6.07, 6.45) is -4.20. The highest BCUT2D eigenvalue weighted by Crippen LogP contribution is 2.27. The number of halogens is 3. The quantitative estimate of drug-likeness (QED) is 0.455. The maximum absolute atomic E-state index is 13.0. The van der Waals surface area contributed by atoms with E-state index in [1.807, 2.05) is 31.2 Å². The summed E-state index contributed by atoms with van der Waals surface area (Å²) in [5.74, 6) is -0.956. The topological polar surface area (TPSA) is 89.2 Å². The number of hydrogen-bond acceptors (Lipinski definition) is 6. The molecule has 0 unspecified atom stereocenters. The number of benzene rings is 1. The second-order valence-electron chi connectivity index (χ2n) is 7.90. The molecule has 3 aromatic heterocycles. The van der Waals surface area contributed by atoms with Crippen molar-refractivity contribution in [3.8, 4) is 0 Å². The van der Waals surface area contributed by atoms with Crippen molar-refractivity contribution < 1.29 is 18.0 Å². The minimum Gasteiger partial charge on any atom is -0.338 e. The standard InChI is InChI=1S/C22H22F3N7O/c1-12-15(14(3)32-21(27-12)29-20(30-32)22(23,24)25)9-10-19(33)31(4)11-18-26-13(2)16-7-5-6-8-17(16)28-18/h5-8H,9-11H2,1-4H3. The molecule has 0 fully saturated rings. The Labute approximate surface area is 187 Å². The number of amides is 1. The number of aryl methyl sites for hydroxylation is 3. The van der Waals surface area contributed by atoms with Crippen LogP contribution < -0.4 is 0 Å². The van der Waals surface area contributed by atoms with Crippen molar-refractivity contribution in [3.05, 3.63) is 58.6 Å². The van der Waals surface area contributed by atoms with Crippen molar-refractivity contribution in [2.45, 2.75) is 46.3 Å². The average Bonchev–Trinajstić information content (AvgIpc) is 3.18. The van der Waals surface area contributed by atoms with Crippen LogP contribution in [-0.2, 0) is 23.9 Å². The maximum atomic E-state index is 13.0. The Morgan fingerprint density at radius 1 is 1.03 bits per heavy atom. The van der Waals surface area contributed by atoms with Crippen LogP contribution >= 0.6 is 0 Å². The number of alkyl halides is 3.